The van der Waals surface area contributed by atoms with E-state index in [0.717, 1.165) is 25.7 Å². The molecule has 2 heterocycles. The Hall–Kier alpha value is -1.91. The average molecular weight is 301 g/mol. The van der Waals surface area contributed by atoms with E-state index in [1.54, 1.807) is 12.3 Å². The molecule has 118 valence electrons. The number of piperidine rings is 1. The van der Waals surface area contributed by atoms with Gasteiger partial charge in [-0.1, -0.05) is 18.9 Å². The van der Waals surface area contributed by atoms with Crippen LogP contribution in [0.4, 0.5) is 0 Å². The zero-order valence-electron chi connectivity index (χ0n) is 12.8. The first kappa shape index (κ1) is 15.0. The van der Waals surface area contributed by atoms with Crippen LogP contribution in [0, 0.1) is 5.92 Å². The van der Waals surface area contributed by atoms with Crippen LogP contribution in [0.5, 0.6) is 0 Å². The molecule has 3 rings (SSSR count). The number of rotatable bonds is 3. The fourth-order valence-electron chi connectivity index (χ4n) is 3.39. The molecule has 1 aliphatic carbocycles. The number of nitrogens with one attached hydrogen (secondary N) is 1. The van der Waals surface area contributed by atoms with E-state index in [2.05, 4.69) is 10.3 Å². The first-order chi connectivity index (χ1) is 10.7. The molecule has 1 saturated heterocycles. The van der Waals surface area contributed by atoms with Gasteiger partial charge in [0.25, 0.3) is 5.91 Å². The molecule has 0 atom stereocenters. The lowest BCUT2D eigenvalue weighted by molar-refractivity contribution is -0.125. The Morgan fingerprint density at radius 1 is 1.09 bits per heavy atom. The summed E-state index contributed by atoms with van der Waals surface area (Å²) in [5, 5.41) is 3.17. The number of carbonyl (C=O) groups excluding carboxylic acids is 2. The highest BCUT2D eigenvalue weighted by molar-refractivity contribution is 5.92. The molecule has 1 aliphatic heterocycles. The predicted molar refractivity (Wildman–Crippen MR) is 83.3 cm³/mol. The number of aromatic nitrogens is 1. The second-order valence-electron chi connectivity index (χ2n) is 6.27. The Morgan fingerprint density at radius 2 is 1.82 bits per heavy atom. The highest BCUT2D eigenvalue weighted by Gasteiger charge is 2.28. The van der Waals surface area contributed by atoms with E-state index < -0.39 is 0 Å². The first-order valence-electron chi connectivity index (χ1n) is 8.25. The average Bonchev–Trinajstić information content (AvgIpc) is 3.10. The van der Waals surface area contributed by atoms with E-state index in [1.807, 2.05) is 17.0 Å². The molecule has 5 heteroatoms. The van der Waals surface area contributed by atoms with E-state index in [-0.39, 0.29) is 23.8 Å². The van der Waals surface area contributed by atoms with E-state index >= 15 is 0 Å². The summed E-state index contributed by atoms with van der Waals surface area (Å²) in [6.07, 6.45) is 7.71. The second kappa shape index (κ2) is 6.90. The summed E-state index contributed by atoms with van der Waals surface area (Å²) in [5.41, 5.74) is 0.496. The predicted octanol–water partition coefficient (Wildman–Crippen LogP) is 1.99. The van der Waals surface area contributed by atoms with Gasteiger partial charge in [-0.15, -0.1) is 0 Å². The standard InChI is InChI=1S/C17H23N3O2/c21-16(13-5-1-2-6-13)19-14-8-11-20(12-9-14)17(22)15-7-3-4-10-18-15/h3-4,7,10,13-14H,1-2,5-6,8-9,11-12H2,(H,19,21). The number of hydrogen-bond donors (Lipinski definition) is 1. The smallest absolute Gasteiger partial charge is 0.272 e. The van der Waals surface area contributed by atoms with Gasteiger partial charge >= 0.3 is 0 Å². The summed E-state index contributed by atoms with van der Waals surface area (Å²) in [6.45, 7) is 1.37. The van der Waals surface area contributed by atoms with Crippen LogP contribution in [0.1, 0.15) is 49.0 Å². The summed E-state index contributed by atoms with van der Waals surface area (Å²) >= 11 is 0. The van der Waals surface area contributed by atoms with Crippen molar-refractivity contribution in [3.63, 3.8) is 0 Å². The molecular formula is C17H23N3O2. The Balaban J connectivity index is 1.48. The zero-order valence-corrected chi connectivity index (χ0v) is 12.8. The molecule has 0 unspecified atom stereocenters. The second-order valence-corrected chi connectivity index (χ2v) is 6.27. The van der Waals surface area contributed by atoms with Crippen molar-refractivity contribution >= 4 is 11.8 Å². The Kier molecular flexibility index (Phi) is 4.71. The van der Waals surface area contributed by atoms with E-state index in [1.165, 1.54) is 12.8 Å². The number of likely N-dealkylation sites (tertiary alicyclic amines) is 1. The lowest BCUT2D eigenvalue weighted by atomic mass is 10.0. The lowest BCUT2D eigenvalue weighted by Crippen LogP contribution is -2.47. The van der Waals surface area contributed by atoms with Crippen LogP contribution < -0.4 is 5.32 Å². The van der Waals surface area contributed by atoms with E-state index in [9.17, 15) is 9.59 Å². The van der Waals surface area contributed by atoms with Gasteiger partial charge in [0.05, 0.1) is 0 Å². The van der Waals surface area contributed by atoms with Gasteiger partial charge in [0.1, 0.15) is 5.69 Å². The first-order valence-corrected chi connectivity index (χ1v) is 8.25. The van der Waals surface area contributed by atoms with Crippen molar-refractivity contribution in [2.75, 3.05) is 13.1 Å². The SMILES string of the molecule is O=C(NC1CCN(C(=O)c2ccccn2)CC1)C1CCCC1. The Bertz CT molecular complexity index is 518. The normalized spacial score (nSPS) is 20.1. The molecule has 2 fully saturated rings. The van der Waals surface area contributed by atoms with Gasteiger partial charge in [0.2, 0.25) is 5.91 Å². The van der Waals surface area contributed by atoms with Crippen LogP contribution in [-0.2, 0) is 4.79 Å². The molecule has 2 aliphatic rings. The number of nitrogens with zero attached hydrogens (tertiary/aromatic N) is 2. The van der Waals surface area contributed by atoms with Gasteiger partial charge in [0.15, 0.2) is 0 Å². The van der Waals surface area contributed by atoms with Crippen LogP contribution in [0.25, 0.3) is 0 Å². The fourth-order valence-corrected chi connectivity index (χ4v) is 3.39. The fraction of sp³-hybridized carbons (Fsp3) is 0.588. The van der Waals surface area contributed by atoms with Crippen molar-refractivity contribution in [3.8, 4) is 0 Å². The molecule has 1 saturated carbocycles. The highest BCUT2D eigenvalue weighted by Crippen LogP contribution is 2.25. The van der Waals surface area contributed by atoms with Gasteiger partial charge in [0, 0.05) is 31.2 Å². The van der Waals surface area contributed by atoms with Crippen molar-refractivity contribution in [1.82, 2.24) is 15.2 Å². The zero-order chi connectivity index (χ0) is 15.4. The van der Waals surface area contributed by atoms with Crippen LogP contribution in [-0.4, -0.2) is 40.8 Å². The molecule has 1 aromatic heterocycles. The third-order valence-electron chi connectivity index (χ3n) is 4.74. The molecule has 5 nitrogen and oxygen atoms in total. The maximum absolute atomic E-state index is 12.3. The molecule has 1 N–H and O–H groups in total. The third-order valence-corrected chi connectivity index (χ3v) is 4.74. The van der Waals surface area contributed by atoms with Crippen molar-refractivity contribution < 1.29 is 9.59 Å². The summed E-state index contributed by atoms with van der Waals surface area (Å²) in [5.74, 6) is 0.418. The Labute approximate surface area is 131 Å². The summed E-state index contributed by atoms with van der Waals surface area (Å²) in [7, 11) is 0. The maximum Gasteiger partial charge on any atom is 0.272 e. The Morgan fingerprint density at radius 3 is 2.45 bits per heavy atom. The molecule has 0 radical (unpaired) electrons. The largest absolute Gasteiger partial charge is 0.353 e. The molecule has 2 amide bonds. The minimum absolute atomic E-state index is 0.0128. The lowest BCUT2D eigenvalue weighted by Gasteiger charge is -2.32. The van der Waals surface area contributed by atoms with Crippen molar-refractivity contribution in [2.45, 2.75) is 44.6 Å². The van der Waals surface area contributed by atoms with Crippen LogP contribution >= 0.6 is 0 Å². The minimum atomic E-state index is -0.0128. The molecule has 0 spiro atoms. The van der Waals surface area contributed by atoms with Gasteiger partial charge in [-0.25, -0.2) is 0 Å². The van der Waals surface area contributed by atoms with Crippen molar-refractivity contribution in [1.29, 1.82) is 0 Å². The number of pyridine rings is 1. The monoisotopic (exact) mass is 301 g/mol. The molecule has 0 aromatic carbocycles. The number of hydrogen-bond acceptors (Lipinski definition) is 3. The topological polar surface area (TPSA) is 62.3 Å². The van der Waals surface area contributed by atoms with E-state index in [4.69, 9.17) is 0 Å². The summed E-state index contributed by atoms with van der Waals surface area (Å²) in [4.78, 5) is 30.4. The van der Waals surface area contributed by atoms with Crippen molar-refractivity contribution in [3.05, 3.63) is 30.1 Å². The van der Waals surface area contributed by atoms with Gasteiger partial charge in [-0.2, -0.15) is 0 Å². The van der Waals surface area contributed by atoms with Gasteiger partial charge in [-0.3, -0.25) is 14.6 Å². The van der Waals surface area contributed by atoms with Crippen molar-refractivity contribution in [2.24, 2.45) is 5.92 Å². The number of carbonyl (C=O) groups is 2. The maximum atomic E-state index is 12.3. The van der Waals surface area contributed by atoms with Gasteiger partial charge in [-0.05, 0) is 37.8 Å². The molecule has 1 aromatic rings. The van der Waals surface area contributed by atoms with Crippen LogP contribution in [0.15, 0.2) is 24.4 Å². The molecular weight excluding hydrogens is 278 g/mol. The van der Waals surface area contributed by atoms with E-state index in [0.29, 0.717) is 18.8 Å². The minimum Gasteiger partial charge on any atom is -0.353 e. The van der Waals surface area contributed by atoms with Crippen LogP contribution in [0.3, 0.4) is 0 Å². The number of amides is 2. The third kappa shape index (κ3) is 3.46. The molecule has 22 heavy (non-hydrogen) atoms. The van der Waals surface area contributed by atoms with Gasteiger partial charge < -0.3 is 10.2 Å². The summed E-state index contributed by atoms with van der Waals surface area (Å²) in [6, 6.07) is 5.59. The quantitative estimate of drug-likeness (QED) is 0.928. The highest BCUT2D eigenvalue weighted by atomic mass is 16.2. The van der Waals surface area contributed by atoms with Crippen LogP contribution in [0.2, 0.25) is 0 Å². The molecule has 0 bridgehead atoms. The summed E-state index contributed by atoms with van der Waals surface area (Å²) < 4.78 is 0.